The predicted octanol–water partition coefficient (Wildman–Crippen LogP) is 3.78. The van der Waals surface area contributed by atoms with Crippen LogP contribution < -0.4 is 0 Å². The van der Waals surface area contributed by atoms with Crippen molar-refractivity contribution in [2.24, 2.45) is 17.8 Å². The fourth-order valence-electron chi connectivity index (χ4n) is 2.82. The van der Waals surface area contributed by atoms with Crippen molar-refractivity contribution in [1.82, 2.24) is 0 Å². The average molecular weight is 164 g/mol. The van der Waals surface area contributed by atoms with Crippen LogP contribution in [0.5, 0.6) is 0 Å². The van der Waals surface area contributed by atoms with E-state index in [1.165, 1.54) is 32.1 Å². The lowest BCUT2D eigenvalue weighted by molar-refractivity contribution is 0.290. The van der Waals surface area contributed by atoms with E-state index in [0.29, 0.717) is 0 Å². The Morgan fingerprint density at radius 2 is 1.92 bits per heavy atom. The van der Waals surface area contributed by atoms with Crippen molar-refractivity contribution >= 4 is 0 Å². The second-order valence-electron chi connectivity index (χ2n) is 4.93. The van der Waals surface area contributed by atoms with Gasteiger partial charge in [0.1, 0.15) is 0 Å². The van der Waals surface area contributed by atoms with Crippen LogP contribution in [0.4, 0.5) is 0 Å². The summed E-state index contributed by atoms with van der Waals surface area (Å²) >= 11 is 0. The summed E-state index contributed by atoms with van der Waals surface area (Å²) in [6.07, 6.45) is 9.66. The summed E-state index contributed by atoms with van der Waals surface area (Å²) in [6.45, 7) is 4.81. The summed E-state index contributed by atoms with van der Waals surface area (Å²) in [6, 6.07) is 0. The van der Waals surface area contributed by atoms with Crippen LogP contribution in [0, 0.1) is 17.8 Å². The molecule has 0 aliphatic heterocycles. The van der Waals surface area contributed by atoms with Crippen molar-refractivity contribution in [3.8, 4) is 0 Å². The Kier molecular flexibility index (Phi) is 2.25. The Balaban J connectivity index is 2.07. The Labute approximate surface area is 76.1 Å². The number of hydrogen-bond acceptors (Lipinski definition) is 0. The first-order valence-electron chi connectivity index (χ1n) is 5.44. The van der Waals surface area contributed by atoms with E-state index in [4.69, 9.17) is 0 Å². The summed E-state index contributed by atoms with van der Waals surface area (Å²) in [5.41, 5.74) is 1.80. The highest BCUT2D eigenvalue weighted by Crippen LogP contribution is 2.40. The highest BCUT2D eigenvalue weighted by molar-refractivity contribution is 5.13. The number of rotatable bonds is 0. The monoisotopic (exact) mass is 164 g/mol. The Morgan fingerprint density at radius 1 is 1.17 bits per heavy atom. The molecule has 0 aromatic heterocycles. The van der Waals surface area contributed by atoms with Crippen molar-refractivity contribution in [3.05, 3.63) is 11.6 Å². The van der Waals surface area contributed by atoms with Gasteiger partial charge in [0.15, 0.2) is 0 Å². The highest BCUT2D eigenvalue weighted by atomic mass is 14.3. The van der Waals surface area contributed by atoms with Crippen molar-refractivity contribution in [1.29, 1.82) is 0 Å². The molecule has 3 unspecified atom stereocenters. The van der Waals surface area contributed by atoms with Crippen LogP contribution in [0.25, 0.3) is 0 Å². The molecule has 0 radical (unpaired) electrons. The zero-order valence-electron chi connectivity index (χ0n) is 8.34. The Hall–Kier alpha value is -0.260. The van der Waals surface area contributed by atoms with Gasteiger partial charge in [-0.3, -0.25) is 0 Å². The summed E-state index contributed by atoms with van der Waals surface area (Å²) < 4.78 is 0. The molecule has 2 aliphatic rings. The van der Waals surface area contributed by atoms with Gasteiger partial charge in [0.05, 0.1) is 0 Å². The second-order valence-corrected chi connectivity index (χ2v) is 4.93. The molecule has 0 N–H and O–H groups in total. The molecular weight excluding hydrogens is 144 g/mol. The standard InChI is InChI=1S/C12H20/c1-9-3-5-11-6-4-10(2)8-12(11)7-9/h5,9-10,12H,3-4,6-8H2,1-2H3. The van der Waals surface area contributed by atoms with Crippen molar-refractivity contribution < 1.29 is 0 Å². The van der Waals surface area contributed by atoms with E-state index >= 15 is 0 Å². The number of allylic oxidation sites excluding steroid dienone is 2. The molecule has 0 bridgehead atoms. The third kappa shape index (κ3) is 1.57. The molecular formula is C12H20. The molecule has 12 heavy (non-hydrogen) atoms. The molecule has 1 saturated carbocycles. The van der Waals surface area contributed by atoms with Crippen LogP contribution in [-0.2, 0) is 0 Å². The summed E-state index contributed by atoms with van der Waals surface area (Å²) in [7, 11) is 0. The Bertz CT molecular complexity index is 190. The maximum Gasteiger partial charge on any atom is -0.0198 e. The van der Waals surface area contributed by atoms with Gasteiger partial charge in [0.25, 0.3) is 0 Å². The quantitative estimate of drug-likeness (QED) is 0.478. The lowest BCUT2D eigenvalue weighted by Gasteiger charge is -2.34. The fraction of sp³-hybridized carbons (Fsp3) is 0.833. The van der Waals surface area contributed by atoms with Gasteiger partial charge >= 0.3 is 0 Å². The van der Waals surface area contributed by atoms with E-state index in [2.05, 4.69) is 19.9 Å². The zero-order valence-corrected chi connectivity index (χ0v) is 8.34. The second kappa shape index (κ2) is 3.24. The van der Waals surface area contributed by atoms with Crippen molar-refractivity contribution in [3.63, 3.8) is 0 Å². The fourth-order valence-corrected chi connectivity index (χ4v) is 2.82. The van der Waals surface area contributed by atoms with Gasteiger partial charge in [-0.1, -0.05) is 25.5 Å². The molecule has 0 aromatic carbocycles. The smallest absolute Gasteiger partial charge is 0.0198 e. The van der Waals surface area contributed by atoms with E-state index in [0.717, 1.165) is 17.8 Å². The van der Waals surface area contributed by atoms with Gasteiger partial charge in [-0.25, -0.2) is 0 Å². The molecule has 0 nitrogen and oxygen atoms in total. The van der Waals surface area contributed by atoms with Gasteiger partial charge in [-0.15, -0.1) is 0 Å². The maximum absolute atomic E-state index is 2.53. The molecule has 68 valence electrons. The Morgan fingerprint density at radius 3 is 2.75 bits per heavy atom. The van der Waals surface area contributed by atoms with Gasteiger partial charge in [0.2, 0.25) is 0 Å². The molecule has 0 heterocycles. The summed E-state index contributed by atoms with van der Waals surface area (Å²) in [5.74, 6) is 2.90. The minimum absolute atomic E-state index is 0.948. The molecule has 3 atom stereocenters. The molecule has 0 aromatic rings. The summed E-state index contributed by atoms with van der Waals surface area (Å²) in [5, 5.41) is 0. The van der Waals surface area contributed by atoms with Gasteiger partial charge in [0, 0.05) is 0 Å². The van der Waals surface area contributed by atoms with E-state index in [1.807, 2.05) is 0 Å². The number of fused-ring (bicyclic) bond motifs is 1. The van der Waals surface area contributed by atoms with E-state index in [1.54, 1.807) is 5.57 Å². The van der Waals surface area contributed by atoms with Crippen LogP contribution in [0.15, 0.2) is 11.6 Å². The predicted molar refractivity (Wildman–Crippen MR) is 53.0 cm³/mol. The molecule has 1 fully saturated rings. The zero-order chi connectivity index (χ0) is 8.55. The van der Waals surface area contributed by atoms with E-state index in [-0.39, 0.29) is 0 Å². The molecule has 2 aliphatic carbocycles. The van der Waals surface area contributed by atoms with Crippen molar-refractivity contribution in [2.75, 3.05) is 0 Å². The first-order chi connectivity index (χ1) is 5.75. The lowest BCUT2D eigenvalue weighted by Crippen LogP contribution is -2.21. The minimum Gasteiger partial charge on any atom is -0.0848 e. The normalized spacial score (nSPS) is 41.8. The largest absolute Gasteiger partial charge is 0.0848 e. The molecule has 0 saturated heterocycles. The van der Waals surface area contributed by atoms with E-state index < -0.39 is 0 Å². The SMILES string of the molecule is CC1CC=C2CCC(C)CC2C1. The topological polar surface area (TPSA) is 0 Å². The van der Waals surface area contributed by atoms with Crippen LogP contribution in [0.3, 0.4) is 0 Å². The first kappa shape index (κ1) is 8.34. The highest BCUT2D eigenvalue weighted by Gasteiger charge is 2.27. The average Bonchev–Trinajstić information content (AvgIpc) is 2.03. The lowest BCUT2D eigenvalue weighted by atomic mass is 9.71. The first-order valence-corrected chi connectivity index (χ1v) is 5.44. The molecule has 0 spiro atoms. The summed E-state index contributed by atoms with van der Waals surface area (Å²) in [4.78, 5) is 0. The van der Waals surface area contributed by atoms with Gasteiger partial charge < -0.3 is 0 Å². The van der Waals surface area contributed by atoms with E-state index in [9.17, 15) is 0 Å². The van der Waals surface area contributed by atoms with Crippen LogP contribution in [-0.4, -0.2) is 0 Å². The molecule has 0 heteroatoms. The third-order valence-electron chi connectivity index (χ3n) is 3.61. The van der Waals surface area contributed by atoms with Gasteiger partial charge in [-0.2, -0.15) is 0 Å². The van der Waals surface area contributed by atoms with Crippen molar-refractivity contribution in [2.45, 2.75) is 46.0 Å². The third-order valence-corrected chi connectivity index (χ3v) is 3.61. The number of hydrogen-bond donors (Lipinski definition) is 0. The molecule has 0 amide bonds. The maximum atomic E-state index is 2.53. The van der Waals surface area contributed by atoms with Gasteiger partial charge in [-0.05, 0) is 49.9 Å². The van der Waals surface area contributed by atoms with Crippen LogP contribution in [0.1, 0.15) is 46.0 Å². The molecule has 2 rings (SSSR count). The van der Waals surface area contributed by atoms with Crippen LogP contribution >= 0.6 is 0 Å². The minimum atomic E-state index is 0.948. The van der Waals surface area contributed by atoms with Crippen LogP contribution in [0.2, 0.25) is 0 Å².